The lowest BCUT2D eigenvalue weighted by atomic mass is 10.1. The first-order chi connectivity index (χ1) is 15.5. The summed E-state index contributed by atoms with van der Waals surface area (Å²) in [6.45, 7) is 2.54. The minimum absolute atomic E-state index is 0.193. The van der Waals surface area contributed by atoms with Crippen molar-refractivity contribution in [2.75, 3.05) is 6.61 Å². The zero-order valence-electron chi connectivity index (χ0n) is 17.2. The van der Waals surface area contributed by atoms with Crippen molar-refractivity contribution in [1.82, 2.24) is 0 Å². The molecular weight excluding hydrogens is 477 g/mol. The molecule has 3 aromatic carbocycles. The molecule has 3 aromatic rings. The van der Waals surface area contributed by atoms with Crippen molar-refractivity contribution in [1.29, 1.82) is 0 Å². The van der Waals surface area contributed by atoms with Crippen LogP contribution in [0.1, 0.15) is 23.6 Å². The summed E-state index contributed by atoms with van der Waals surface area (Å²) in [7, 11) is 0. The SMILES string of the molecule is CCOc1cc(/C=C2\N=C(c3ccccc3)OC2=O)cc(Br)c1OCc1ccc(F)cc1. The molecule has 0 atom stereocenters. The molecule has 0 aromatic heterocycles. The van der Waals surface area contributed by atoms with Crippen molar-refractivity contribution in [2.45, 2.75) is 13.5 Å². The van der Waals surface area contributed by atoms with Crippen molar-refractivity contribution in [2.24, 2.45) is 4.99 Å². The topological polar surface area (TPSA) is 57.1 Å². The summed E-state index contributed by atoms with van der Waals surface area (Å²) in [5.41, 5.74) is 2.44. The van der Waals surface area contributed by atoms with Crippen LogP contribution in [0.25, 0.3) is 6.08 Å². The summed E-state index contributed by atoms with van der Waals surface area (Å²) in [6.07, 6.45) is 1.63. The summed E-state index contributed by atoms with van der Waals surface area (Å²) in [4.78, 5) is 16.6. The predicted octanol–water partition coefficient (Wildman–Crippen LogP) is 5.91. The normalized spacial score (nSPS) is 14.3. The minimum atomic E-state index is -0.519. The van der Waals surface area contributed by atoms with Gasteiger partial charge in [0.05, 0.1) is 11.1 Å². The Morgan fingerprint density at radius 2 is 1.81 bits per heavy atom. The average Bonchev–Trinajstić information content (AvgIpc) is 3.15. The van der Waals surface area contributed by atoms with Gasteiger partial charge >= 0.3 is 5.97 Å². The van der Waals surface area contributed by atoms with Gasteiger partial charge in [-0.15, -0.1) is 0 Å². The third kappa shape index (κ3) is 5.06. The van der Waals surface area contributed by atoms with Crippen LogP contribution in [-0.2, 0) is 16.1 Å². The summed E-state index contributed by atoms with van der Waals surface area (Å²) in [6, 6.07) is 18.9. The van der Waals surface area contributed by atoms with Crippen molar-refractivity contribution in [3.63, 3.8) is 0 Å². The fraction of sp³-hybridized carbons (Fsp3) is 0.120. The Kier molecular flexibility index (Phi) is 6.66. The fourth-order valence-corrected chi connectivity index (χ4v) is 3.66. The number of cyclic esters (lactones) is 1. The number of hydrogen-bond donors (Lipinski definition) is 0. The molecule has 0 spiro atoms. The standard InChI is InChI=1S/C25H19BrFNO4/c1-2-30-22-14-17(12-20(26)23(22)31-15-16-8-10-19(27)11-9-16)13-21-25(29)32-24(28-21)18-6-4-3-5-7-18/h3-14H,2,15H2,1H3/b21-13-. The van der Waals surface area contributed by atoms with E-state index in [1.54, 1.807) is 30.3 Å². The van der Waals surface area contributed by atoms with Crippen LogP contribution in [0.4, 0.5) is 4.39 Å². The fourth-order valence-electron chi connectivity index (χ4n) is 3.08. The molecular formula is C25H19BrFNO4. The second-order valence-corrected chi connectivity index (χ2v) is 7.73. The molecule has 0 N–H and O–H groups in total. The Labute approximate surface area is 193 Å². The van der Waals surface area contributed by atoms with Crippen LogP contribution in [0.5, 0.6) is 11.5 Å². The van der Waals surface area contributed by atoms with Crippen LogP contribution in [0, 0.1) is 5.82 Å². The predicted molar refractivity (Wildman–Crippen MR) is 123 cm³/mol. The monoisotopic (exact) mass is 495 g/mol. The number of carbonyl (C=O) groups is 1. The van der Waals surface area contributed by atoms with Gasteiger partial charge in [-0.1, -0.05) is 30.3 Å². The van der Waals surface area contributed by atoms with Gasteiger partial charge in [0.15, 0.2) is 17.2 Å². The number of rotatable bonds is 7. The highest BCUT2D eigenvalue weighted by Crippen LogP contribution is 2.38. The van der Waals surface area contributed by atoms with Gasteiger partial charge in [0.1, 0.15) is 12.4 Å². The van der Waals surface area contributed by atoms with Crippen LogP contribution in [-0.4, -0.2) is 18.5 Å². The van der Waals surface area contributed by atoms with Gasteiger partial charge in [0.25, 0.3) is 0 Å². The van der Waals surface area contributed by atoms with E-state index in [1.807, 2.05) is 37.3 Å². The number of carbonyl (C=O) groups excluding carboxylic acids is 1. The number of hydrogen-bond acceptors (Lipinski definition) is 5. The Morgan fingerprint density at radius 1 is 1.06 bits per heavy atom. The maximum atomic E-state index is 13.1. The maximum absolute atomic E-state index is 13.1. The summed E-state index contributed by atoms with van der Waals surface area (Å²) < 4.78 is 30.8. The van der Waals surface area contributed by atoms with Gasteiger partial charge in [-0.3, -0.25) is 0 Å². The molecule has 32 heavy (non-hydrogen) atoms. The van der Waals surface area contributed by atoms with E-state index in [9.17, 15) is 9.18 Å². The highest BCUT2D eigenvalue weighted by molar-refractivity contribution is 9.10. The van der Waals surface area contributed by atoms with E-state index in [2.05, 4.69) is 20.9 Å². The van der Waals surface area contributed by atoms with E-state index in [4.69, 9.17) is 14.2 Å². The molecule has 1 aliphatic heterocycles. The van der Waals surface area contributed by atoms with Gasteiger partial charge < -0.3 is 14.2 Å². The van der Waals surface area contributed by atoms with Crippen LogP contribution in [0.3, 0.4) is 0 Å². The van der Waals surface area contributed by atoms with Crippen molar-refractivity contribution < 1.29 is 23.4 Å². The van der Waals surface area contributed by atoms with E-state index in [0.717, 1.165) is 11.1 Å². The molecule has 162 valence electrons. The van der Waals surface area contributed by atoms with Crippen LogP contribution in [0.15, 0.2) is 81.9 Å². The molecule has 0 saturated carbocycles. The lowest BCUT2D eigenvalue weighted by Crippen LogP contribution is -2.05. The van der Waals surface area contributed by atoms with Crippen molar-refractivity contribution in [3.8, 4) is 11.5 Å². The van der Waals surface area contributed by atoms with E-state index in [1.165, 1.54) is 12.1 Å². The lowest BCUT2D eigenvalue weighted by molar-refractivity contribution is -0.129. The molecule has 4 rings (SSSR count). The van der Waals surface area contributed by atoms with E-state index >= 15 is 0 Å². The quantitative estimate of drug-likeness (QED) is 0.302. The molecule has 0 saturated heterocycles. The molecule has 5 nitrogen and oxygen atoms in total. The third-order valence-corrected chi connectivity index (χ3v) is 5.16. The zero-order chi connectivity index (χ0) is 22.5. The van der Waals surface area contributed by atoms with Crippen molar-refractivity contribution in [3.05, 3.63) is 99.4 Å². The van der Waals surface area contributed by atoms with Gasteiger partial charge in [0.2, 0.25) is 5.90 Å². The molecule has 0 fully saturated rings. The number of nitrogens with zero attached hydrogens (tertiary/aromatic N) is 1. The Bertz CT molecular complexity index is 1190. The van der Waals surface area contributed by atoms with Crippen molar-refractivity contribution >= 4 is 33.9 Å². The molecule has 0 amide bonds. The second kappa shape index (κ2) is 9.78. The number of benzene rings is 3. The largest absolute Gasteiger partial charge is 0.490 e. The first kappa shape index (κ1) is 21.8. The maximum Gasteiger partial charge on any atom is 0.363 e. The minimum Gasteiger partial charge on any atom is -0.490 e. The Balaban J connectivity index is 1.60. The molecule has 0 aliphatic carbocycles. The second-order valence-electron chi connectivity index (χ2n) is 6.88. The van der Waals surface area contributed by atoms with Crippen LogP contribution < -0.4 is 9.47 Å². The van der Waals surface area contributed by atoms with Crippen LogP contribution in [0.2, 0.25) is 0 Å². The third-order valence-electron chi connectivity index (χ3n) is 4.57. The highest BCUT2D eigenvalue weighted by Gasteiger charge is 2.24. The van der Waals surface area contributed by atoms with Gasteiger partial charge in [-0.25, -0.2) is 14.2 Å². The van der Waals surface area contributed by atoms with Gasteiger partial charge in [-0.2, -0.15) is 0 Å². The molecule has 0 unspecified atom stereocenters. The molecule has 1 heterocycles. The summed E-state index contributed by atoms with van der Waals surface area (Å²) >= 11 is 3.52. The highest BCUT2D eigenvalue weighted by atomic mass is 79.9. The molecule has 1 aliphatic rings. The van der Waals surface area contributed by atoms with Crippen LogP contribution >= 0.6 is 15.9 Å². The molecule has 7 heteroatoms. The Hall–Kier alpha value is -3.45. The van der Waals surface area contributed by atoms with Gasteiger partial charge in [-0.05, 0) is 76.5 Å². The number of halogens is 2. The summed E-state index contributed by atoms with van der Waals surface area (Å²) in [5, 5.41) is 0. The van der Waals surface area contributed by atoms with Gasteiger partial charge in [0, 0.05) is 5.56 Å². The van der Waals surface area contributed by atoms with E-state index in [-0.39, 0.29) is 24.0 Å². The first-order valence-corrected chi connectivity index (χ1v) is 10.7. The summed E-state index contributed by atoms with van der Waals surface area (Å²) in [5.74, 6) is 0.473. The Morgan fingerprint density at radius 3 is 2.53 bits per heavy atom. The molecule has 0 radical (unpaired) electrons. The number of esters is 1. The zero-order valence-corrected chi connectivity index (χ0v) is 18.8. The smallest absolute Gasteiger partial charge is 0.363 e. The first-order valence-electron chi connectivity index (χ1n) is 9.95. The lowest BCUT2D eigenvalue weighted by Gasteiger charge is -2.15. The molecule has 0 bridgehead atoms. The van der Waals surface area contributed by atoms with E-state index < -0.39 is 5.97 Å². The number of ether oxygens (including phenoxy) is 3. The average molecular weight is 496 g/mol. The number of aliphatic imine (C=N–C) groups is 1. The van der Waals surface area contributed by atoms with E-state index in [0.29, 0.717) is 28.1 Å².